The second-order valence-electron chi connectivity index (χ2n) is 5.81. The number of rotatable bonds is 3. The minimum absolute atomic E-state index is 0.408. The van der Waals surface area contributed by atoms with Crippen LogP contribution in [0.5, 0.6) is 0 Å². The standard InChI is InChI=1S/C16H22N4/c1-11-14-4-2-3-5-15(14)20-16(19-11)18-10-12-6-8-13(17)9-7-12/h2-5,12-13H,6-10,17H2,1H3,(H,18,19,20)/t12-,13+. The summed E-state index contributed by atoms with van der Waals surface area (Å²) in [7, 11) is 0. The van der Waals surface area contributed by atoms with Gasteiger partial charge in [-0.2, -0.15) is 0 Å². The number of aryl methyl sites for hydroxylation is 1. The van der Waals surface area contributed by atoms with E-state index in [2.05, 4.69) is 21.4 Å². The van der Waals surface area contributed by atoms with Gasteiger partial charge in [-0.3, -0.25) is 0 Å². The second-order valence-corrected chi connectivity index (χ2v) is 5.81. The average Bonchev–Trinajstić information content (AvgIpc) is 2.47. The van der Waals surface area contributed by atoms with Gasteiger partial charge in [-0.25, -0.2) is 9.97 Å². The zero-order valence-electron chi connectivity index (χ0n) is 12.0. The molecule has 1 fully saturated rings. The van der Waals surface area contributed by atoms with Gasteiger partial charge in [0, 0.05) is 18.0 Å². The Morgan fingerprint density at radius 1 is 1.15 bits per heavy atom. The highest BCUT2D eigenvalue weighted by atomic mass is 15.1. The van der Waals surface area contributed by atoms with E-state index in [4.69, 9.17) is 5.73 Å². The Labute approximate surface area is 119 Å². The lowest BCUT2D eigenvalue weighted by atomic mass is 9.86. The number of hydrogen-bond donors (Lipinski definition) is 2. The lowest BCUT2D eigenvalue weighted by Gasteiger charge is -2.26. The van der Waals surface area contributed by atoms with E-state index in [0.717, 1.165) is 41.9 Å². The second kappa shape index (κ2) is 5.75. The van der Waals surface area contributed by atoms with Gasteiger partial charge in [-0.05, 0) is 44.6 Å². The molecule has 1 saturated carbocycles. The van der Waals surface area contributed by atoms with Gasteiger partial charge in [0.2, 0.25) is 5.95 Å². The molecule has 1 aromatic carbocycles. The number of aromatic nitrogens is 2. The molecule has 4 heteroatoms. The highest BCUT2D eigenvalue weighted by Crippen LogP contribution is 2.23. The third kappa shape index (κ3) is 2.90. The van der Waals surface area contributed by atoms with Gasteiger partial charge >= 0.3 is 0 Å². The van der Waals surface area contributed by atoms with Crippen LogP contribution in [0, 0.1) is 12.8 Å². The van der Waals surface area contributed by atoms with E-state index in [1.54, 1.807) is 0 Å². The molecule has 1 heterocycles. The molecule has 3 N–H and O–H groups in total. The minimum Gasteiger partial charge on any atom is -0.354 e. The first-order valence-electron chi connectivity index (χ1n) is 7.45. The van der Waals surface area contributed by atoms with E-state index in [9.17, 15) is 0 Å². The molecule has 4 nitrogen and oxygen atoms in total. The summed E-state index contributed by atoms with van der Waals surface area (Å²) in [5.41, 5.74) is 7.98. The molecular weight excluding hydrogens is 248 g/mol. The highest BCUT2D eigenvalue weighted by molar-refractivity contribution is 5.81. The third-order valence-electron chi connectivity index (χ3n) is 4.23. The number of para-hydroxylation sites is 1. The van der Waals surface area contributed by atoms with Crippen molar-refractivity contribution in [2.24, 2.45) is 11.7 Å². The molecule has 0 saturated heterocycles. The topological polar surface area (TPSA) is 63.8 Å². The minimum atomic E-state index is 0.408. The lowest BCUT2D eigenvalue weighted by Crippen LogP contribution is -2.29. The molecule has 0 unspecified atom stereocenters. The number of nitrogens with two attached hydrogens (primary N) is 1. The fourth-order valence-electron chi connectivity index (χ4n) is 2.94. The highest BCUT2D eigenvalue weighted by Gasteiger charge is 2.18. The first-order valence-corrected chi connectivity index (χ1v) is 7.45. The van der Waals surface area contributed by atoms with Crippen molar-refractivity contribution in [1.29, 1.82) is 0 Å². The van der Waals surface area contributed by atoms with E-state index in [1.165, 1.54) is 12.8 Å². The van der Waals surface area contributed by atoms with Crippen molar-refractivity contribution in [3.05, 3.63) is 30.0 Å². The van der Waals surface area contributed by atoms with Crippen molar-refractivity contribution in [3.8, 4) is 0 Å². The molecule has 106 valence electrons. The average molecular weight is 270 g/mol. The summed E-state index contributed by atoms with van der Waals surface area (Å²) >= 11 is 0. The first kappa shape index (κ1) is 13.3. The summed E-state index contributed by atoms with van der Waals surface area (Å²) < 4.78 is 0. The van der Waals surface area contributed by atoms with Gasteiger partial charge in [-0.15, -0.1) is 0 Å². The molecule has 0 spiro atoms. The molecule has 0 radical (unpaired) electrons. The van der Waals surface area contributed by atoms with Crippen molar-refractivity contribution in [1.82, 2.24) is 9.97 Å². The van der Waals surface area contributed by atoms with Crippen LogP contribution in [0.25, 0.3) is 10.9 Å². The van der Waals surface area contributed by atoms with Crippen LogP contribution in [0.1, 0.15) is 31.4 Å². The maximum Gasteiger partial charge on any atom is 0.223 e. The van der Waals surface area contributed by atoms with Crippen molar-refractivity contribution in [2.45, 2.75) is 38.6 Å². The SMILES string of the molecule is Cc1nc(NC[C@H]2CC[C@@H](N)CC2)nc2ccccc12. The zero-order valence-corrected chi connectivity index (χ0v) is 12.0. The maximum absolute atomic E-state index is 5.94. The summed E-state index contributed by atoms with van der Waals surface area (Å²) in [6, 6.07) is 8.55. The van der Waals surface area contributed by atoms with Crippen molar-refractivity contribution in [3.63, 3.8) is 0 Å². The molecule has 1 aliphatic carbocycles. The van der Waals surface area contributed by atoms with Gasteiger partial charge in [0.1, 0.15) is 0 Å². The van der Waals surface area contributed by atoms with Gasteiger partial charge in [0.25, 0.3) is 0 Å². The van der Waals surface area contributed by atoms with Crippen LogP contribution >= 0.6 is 0 Å². The lowest BCUT2D eigenvalue weighted by molar-refractivity contribution is 0.338. The summed E-state index contributed by atoms with van der Waals surface area (Å²) in [6.07, 6.45) is 4.70. The normalized spacial score (nSPS) is 22.9. The van der Waals surface area contributed by atoms with Crippen LogP contribution in [-0.4, -0.2) is 22.6 Å². The van der Waals surface area contributed by atoms with Crippen LogP contribution in [-0.2, 0) is 0 Å². The van der Waals surface area contributed by atoms with E-state index in [0.29, 0.717) is 12.0 Å². The molecule has 1 aliphatic rings. The smallest absolute Gasteiger partial charge is 0.223 e. The van der Waals surface area contributed by atoms with E-state index in [1.807, 2.05) is 25.1 Å². The number of fused-ring (bicyclic) bond motifs is 1. The van der Waals surface area contributed by atoms with E-state index in [-0.39, 0.29) is 0 Å². The quantitative estimate of drug-likeness (QED) is 0.900. The summed E-state index contributed by atoms with van der Waals surface area (Å²) in [6.45, 7) is 2.99. The number of anilines is 1. The van der Waals surface area contributed by atoms with Gasteiger partial charge in [-0.1, -0.05) is 18.2 Å². The van der Waals surface area contributed by atoms with Gasteiger partial charge < -0.3 is 11.1 Å². The predicted molar refractivity (Wildman–Crippen MR) is 82.7 cm³/mol. The van der Waals surface area contributed by atoms with Crippen LogP contribution in [0.4, 0.5) is 5.95 Å². The zero-order chi connectivity index (χ0) is 13.9. The molecule has 0 aliphatic heterocycles. The molecule has 3 rings (SSSR count). The van der Waals surface area contributed by atoms with Crippen LogP contribution in [0.15, 0.2) is 24.3 Å². The number of nitrogens with one attached hydrogen (secondary N) is 1. The Hall–Kier alpha value is -1.68. The summed E-state index contributed by atoms with van der Waals surface area (Å²) in [5, 5.41) is 4.53. The van der Waals surface area contributed by atoms with E-state index >= 15 is 0 Å². The summed E-state index contributed by atoms with van der Waals surface area (Å²) in [4.78, 5) is 9.14. The molecule has 0 atom stereocenters. The molecule has 2 aromatic rings. The fourth-order valence-corrected chi connectivity index (χ4v) is 2.94. The Morgan fingerprint density at radius 3 is 2.70 bits per heavy atom. The monoisotopic (exact) mass is 270 g/mol. The number of nitrogens with zero attached hydrogens (tertiary/aromatic N) is 2. The van der Waals surface area contributed by atoms with Gasteiger partial charge in [0.05, 0.1) is 11.2 Å². The molecule has 0 bridgehead atoms. The largest absolute Gasteiger partial charge is 0.354 e. The molecule has 20 heavy (non-hydrogen) atoms. The molecule has 1 aromatic heterocycles. The summed E-state index contributed by atoms with van der Waals surface area (Å²) in [5.74, 6) is 1.45. The fraction of sp³-hybridized carbons (Fsp3) is 0.500. The Kier molecular flexibility index (Phi) is 3.83. The molecule has 0 amide bonds. The van der Waals surface area contributed by atoms with Gasteiger partial charge in [0.15, 0.2) is 0 Å². The van der Waals surface area contributed by atoms with Crippen molar-refractivity contribution >= 4 is 16.9 Å². The van der Waals surface area contributed by atoms with Crippen LogP contribution < -0.4 is 11.1 Å². The van der Waals surface area contributed by atoms with Crippen molar-refractivity contribution < 1.29 is 0 Å². The van der Waals surface area contributed by atoms with Crippen LogP contribution in [0.2, 0.25) is 0 Å². The first-order chi connectivity index (χ1) is 9.72. The van der Waals surface area contributed by atoms with E-state index < -0.39 is 0 Å². The Balaban J connectivity index is 1.68. The van der Waals surface area contributed by atoms with Crippen LogP contribution in [0.3, 0.4) is 0 Å². The van der Waals surface area contributed by atoms with Crippen molar-refractivity contribution in [2.75, 3.05) is 11.9 Å². The number of benzene rings is 1. The third-order valence-corrected chi connectivity index (χ3v) is 4.23. The molecular formula is C16H22N4. The Bertz CT molecular complexity index is 588. The maximum atomic E-state index is 5.94. The predicted octanol–water partition coefficient (Wildman–Crippen LogP) is 2.87. The Morgan fingerprint density at radius 2 is 1.90 bits per heavy atom. The number of hydrogen-bond acceptors (Lipinski definition) is 4.